The van der Waals surface area contributed by atoms with Crippen LogP contribution in [0.15, 0.2) is 55.0 Å². The first kappa shape index (κ1) is 20.3. The molecule has 7 heteroatoms. The molecule has 0 amide bonds. The van der Waals surface area contributed by atoms with Gasteiger partial charge in [-0.25, -0.2) is 4.98 Å². The van der Waals surface area contributed by atoms with Crippen molar-refractivity contribution < 1.29 is 9.90 Å². The minimum absolute atomic E-state index is 0.0330. The first-order valence-electron chi connectivity index (χ1n) is 10.9. The van der Waals surface area contributed by atoms with Gasteiger partial charge in [0.15, 0.2) is 5.78 Å². The van der Waals surface area contributed by atoms with Gasteiger partial charge in [-0.2, -0.15) is 5.10 Å². The summed E-state index contributed by atoms with van der Waals surface area (Å²) in [5.41, 5.74) is 4.04. The first-order chi connectivity index (χ1) is 15.6. The number of anilines is 1. The molecule has 0 saturated carbocycles. The van der Waals surface area contributed by atoms with Crippen LogP contribution in [0.1, 0.15) is 34.6 Å². The Bertz CT molecular complexity index is 1290. The lowest BCUT2D eigenvalue weighted by molar-refractivity contribution is 0.0992. The van der Waals surface area contributed by atoms with Crippen molar-refractivity contribution in [3.63, 3.8) is 0 Å². The average molecular weight is 428 g/mol. The van der Waals surface area contributed by atoms with Gasteiger partial charge in [-0.05, 0) is 48.1 Å². The summed E-state index contributed by atoms with van der Waals surface area (Å²) in [5.74, 6) is 0.909. The molecular formula is C25H25N5O2. The van der Waals surface area contributed by atoms with Gasteiger partial charge in [-0.1, -0.05) is 12.1 Å². The van der Waals surface area contributed by atoms with Crippen LogP contribution in [-0.4, -0.2) is 43.7 Å². The van der Waals surface area contributed by atoms with E-state index in [0.717, 1.165) is 52.2 Å². The number of benzene rings is 1. The molecule has 1 aliphatic heterocycles. The Morgan fingerprint density at radius 2 is 1.88 bits per heavy atom. The molecule has 3 aromatic heterocycles. The standard InChI is InChI=1S/C25H25N5O2/c1-29-23(16-31)22(15-28-29)17-4-5-19-14-27-21(11-20(19)10-17)13-24(32)18-6-7-26-25(12-18)30-8-2-3-9-30/h4-7,10-12,14-15,31H,2-3,8-9,13,16H2,1H3. The number of carbonyl (C=O) groups is 1. The molecule has 32 heavy (non-hydrogen) atoms. The van der Waals surface area contributed by atoms with Crippen molar-refractivity contribution >= 4 is 22.4 Å². The quantitative estimate of drug-likeness (QED) is 0.474. The summed E-state index contributed by atoms with van der Waals surface area (Å²) in [5, 5.41) is 15.9. The number of ketones is 1. The second kappa shape index (κ2) is 8.51. The molecule has 1 aromatic carbocycles. The van der Waals surface area contributed by atoms with E-state index in [1.165, 1.54) is 12.8 Å². The van der Waals surface area contributed by atoms with Gasteiger partial charge in [0.2, 0.25) is 0 Å². The van der Waals surface area contributed by atoms with Crippen LogP contribution >= 0.6 is 0 Å². The van der Waals surface area contributed by atoms with Gasteiger partial charge < -0.3 is 10.0 Å². The summed E-state index contributed by atoms with van der Waals surface area (Å²) in [6.07, 6.45) is 7.86. The molecule has 0 unspecified atom stereocenters. The van der Waals surface area contributed by atoms with E-state index in [2.05, 4.69) is 26.0 Å². The van der Waals surface area contributed by atoms with Gasteiger partial charge >= 0.3 is 0 Å². The lowest BCUT2D eigenvalue weighted by atomic mass is 10.0. The van der Waals surface area contributed by atoms with E-state index in [1.807, 2.05) is 31.3 Å². The summed E-state index contributed by atoms with van der Waals surface area (Å²) < 4.78 is 1.68. The minimum Gasteiger partial charge on any atom is -0.390 e. The number of aliphatic hydroxyl groups is 1. The maximum atomic E-state index is 13.0. The second-order valence-corrected chi connectivity index (χ2v) is 8.22. The van der Waals surface area contributed by atoms with Crippen LogP contribution in [-0.2, 0) is 20.1 Å². The van der Waals surface area contributed by atoms with Crippen LogP contribution in [0, 0.1) is 0 Å². The number of pyridine rings is 2. The smallest absolute Gasteiger partial charge is 0.169 e. The number of aromatic nitrogens is 4. The summed E-state index contributed by atoms with van der Waals surface area (Å²) in [6.45, 7) is 1.91. The summed E-state index contributed by atoms with van der Waals surface area (Å²) in [4.78, 5) is 24.1. The molecule has 162 valence electrons. The van der Waals surface area contributed by atoms with Gasteiger partial charge in [-0.15, -0.1) is 0 Å². The molecule has 5 rings (SSSR count). The monoisotopic (exact) mass is 427 g/mol. The highest BCUT2D eigenvalue weighted by molar-refractivity contribution is 5.98. The number of carbonyl (C=O) groups excluding carboxylic acids is 1. The van der Waals surface area contributed by atoms with Crippen molar-refractivity contribution in [3.8, 4) is 11.1 Å². The highest BCUT2D eigenvalue weighted by Crippen LogP contribution is 2.27. The van der Waals surface area contributed by atoms with Crippen LogP contribution in [0.4, 0.5) is 5.82 Å². The molecule has 0 aliphatic carbocycles. The number of nitrogens with zero attached hydrogens (tertiary/aromatic N) is 5. The van der Waals surface area contributed by atoms with Gasteiger partial charge in [0, 0.05) is 54.7 Å². The lowest BCUT2D eigenvalue weighted by Gasteiger charge is -2.16. The molecule has 4 aromatic rings. The number of aryl methyl sites for hydroxylation is 1. The Labute approximate surface area is 186 Å². The van der Waals surface area contributed by atoms with E-state index in [9.17, 15) is 9.90 Å². The lowest BCUT2D eigenvalue weighted by Crippen LogP contribution is -2.19. The predicted molar refractivity (Wildman–Crippen MR) is 124 cm³/mol. The topological polar surface area (TPSA) is 84.1 Å². The minimum atomic E-state index is -0.0781. The van der Waals surface area contributed by atoms with Crippen molar-refractivity contribution in [2.75, 3.05) is 18.0 Å². The van der Waals surface area contributed by atoms with Gasteiger partial charge in [0.25, 0.3) is 0 Å². The maximum Gasteiger partial charge on any atom is 0.169 e. The zero-order chi connectivity index (χ0) is 22.1. The van der Waals surface area contributed by atoms with E-state index in [1.54, 1.807) is 29.3 Å². The molecule has 0 atom stereocenters. The third kappa shape index (κ3) is 3.87. The van der Waals surface area contributed by atoms with Crippen LogP contribution in [0.2, 0.25) is 0 Å². The van der Waals surface area contributed by atoms with Crippen LogP contribution in [0.3, 0.4) is 0 Å². The highest BCUT2D eigenvalue weighted by atomic mass is 16.3. The molecule has 4 heterocycles. The summed E-state index contributed by atoms with van der Waals surface area (Å²) >= 11 is 0. The number of aliphatic hydroxyl groups excluding tert-OH is 1. The molecule has 1 fully saturated rings. The van der Waals surface area contributed by atoms with Crippen LogP contribution in [0.5, 0.6) is 0 Å². The zero-order valence-corrected chi connectivity index (χ0v) is 18.0. The number of hydrogen-bond donors (Lipinski definition) is 1. The molecule has 7 nitrogen and oxygen atoms in total. The first-order valence-corrected chi connectivity index (χ1v) is 10.9. The van der Waals surface area contributed by atoms with Crippen LogP contribution < -0.4 is 4.90 Å². The largest absolute Gasteiger partial charge is 0.390 e. The molecule has 0 radical (unpaired) electrons. The Kier molecular flexibility index (Phi) is 5.41. The Hall–Kier alpha value is -3.58. The summed E-state index contributed by atoms with van der Waals surface area (Å²) in [7, 11) is 1.82. The molecule has 1 N–H and O–H groups in total. The van der Waals surface area contributed by atoms with E-state index in [-0.39, 0.29) is 18.8 Å². The van der Waals surface area contributed by atoms with Crippen molar-refractivity contribution in [3.05, 3.63) is 71.9 Å². The predicted octanol–water partition coefficient (Wildman–Crippen LogP) is 3.55. The number of Topliss-reactive ketones (excluding diaryl/α,β-unsaturated/α-hetero) is 1. The van der Waals surface area contributed by atoms with Gasteiger partial charge in [0.1, 0.15) is 5.82 Å². The van der Waals surface area contributed by atoms with E-state index >= 15 is 0 Å². The van der Waals surface area contributed by atoms with Crippen molar-refractivity contribution in [2.24, 2.45) is 7.05 Å². The number of rotatable bonds is 6. The Morgan fingerprint density at radius 1 is 1.03 bits per heavy atom. The van der Waals surface area contributed by atoms with Gasteiger partial charge in [-0.3, -0.25) is 14.5 Å². The molecular weight excluding hydrogens is 402 g/mol. The zero-order valence-electron chi connectivity index (χ0n) is 18.0. The number of fused-ring (bicyclic) bond motifs is 1. The fraction of sp³-hybridized carbons (Fsp3) is 0.280. The third-order valence-electron chi connectivity index (χ3n) is 6.14. The summed E-state index contributed by atoms with van der Waals surface area (Å²) in [6, 6.07) is 11.7. The molecule has 0 spiro atoms. The van der Waals surface area contributed by atoms with Crippen molar-refractivity contribution in [1.29, 1.82) is 0 Å². The number of hydrogen-bond acceptors (Lipinski definition) is 6. The van der Waals surface area contributed by atoms with E-state index in [0.29, 0.717) is 5.56 Å². The molecule has 0 bridgehead atoms. The molecule has 1 saturated heterocycles. The van der Waals surface area contributed by atoms with E-state index < -0.39 is 0 Å². The second-order valence-electron chi connectivity index (χ2n) is 8.22. The van der Waals surface area contributed by atoms with Gasteiger partial charge in [0.05, 0.1) is 24.9 Å². The van der Waals surface area contributed by atoms with Crippen LogP contribution in [0.25, 0.3) is 21.9 Å². The fourth-order valence-electron chi connectivity index (χ4n) is 4.32. The Balaban J connectivity index is 1.41. The average Bonchev–Trinajstić information content (AvgIpc) is 3.48. The van der Waals surface area contributed by atoms with Crippen molar-refractivity contribution in [1.82, 2.24) is 19.7 Å². The normalized spacial score (nSPS) is 13.8. The van der Waals surface area contributed by atoms with Crippen molar-refractivity contribution in [2.45, 2.75) is 25.9 Å². The maximum absolute atomic E-state index is 13.0. The molecule has 1 aliphatic rings. The third-order valence-corrected chi connectivity index (χ3v) is 6.14. The Morgan fingerprint density at radius 3 is 2.69 bits per heavy atom. The highest BCUT2D eigenvalue weighted by Gasteiger charge is 2.16. The SMILES string of the molecule is Cn1ncc(-c2ccc3cnc(CC(=O)c4ccnc(N5CCCC5)c4)cc3c2)c1CO. The fourth-order valence-corrected chi connectivity index (χ4v) is 4.32. The van der Waals surface area contributed by atoms with E-state index in [4.69, 9.17) is 0 Å².